The van der Waals surface area contributed by atoms with E-state index in [0.29, 0.717) is 38.1 Å². The SMILES string of the molecule is O=C(NO)C1CC(Oc2ccc3ncccc3c2)CCC1C(=O)N1CC=C(c2ccccc2)CC1. The molecular weight excluding hydrogens is 442 g/mol. The minimum absolute atomic E-state index is 0.0304. The molecule has 3 unspecified atom stereocenters. The maximum Gasteiger partial charge on any atom is 0.247 e. The van der Waals surface area contributed by atoms with E-state index in [4.69, 9.17) is 4.74 Å². The molecule has 2 amide bonds. The summed E-state index contributed by atoms with van der Waals surface area (Å²) < 4.78 is 6.20. The molecule has 1 aromatic heterocycles. The molecule has 1 fully saturated rings. The summed E-state index contributed by atoms with van der Waals surface area (Å²) >= 11 is 0. The molecule has 2 heterocycles. The molecule has 0 radical (unpaired) electrons. The number of nitrogens with zero attached hydrogens (tertiary/aromatic N) is 2. The van der Waals surface area contributed by atoms with Crippen LogP contribution in [0, 0.1) is 11.8 Å². The van der Waals surface area contributed by atoms with Crippen LogP contribution in [0.25, 0.3) is 16.5 Å². The molecule has 0 spiro atoms. The number of pyridine rings is 1. The first-order valence-electron chi connectivity index (χ1n) is 12.1. The van der Waals surface area contributed by atoms with Gasteiger partial charge in [0, 0.05) is 24.7 Å². The van der Waals surface area contributed by atoms with Crippen molar-refractivity contribution in [1.82, 2.24) is 15.4 Å². The zero-order valence-corrected chi connectivity index (χ0v) is 19.5. The lowest BCUT2D eigenvalue weighted by molar-refractivity contribution is -0.148. The van der Waals surface area contributed by atoms with E-state index in [1.54, 1.807) is 11.7 Å². The predicted molar refractivity (Wildman–Crippen MR) is 133 cm³/mol. The molecule has 7 nitrogen and oxygen atoms in total. The van der Waals surface area contributed by atoms with Gasteiger partial charge in [0.15, 0.2) is 0 Å². The Balaban J connectivity index is 1.26. The fourth-order valence-electron chi connectivity index (χ4n) is 5.24. The molecule has 1 saturated carbocycles. The third-order valence-corrected chi connectivity index (χ3v) is 7.11. The minimum atomic E-state index is -0.645. The van der Waals surface area contributed by atoms with Gasteiger partial charge in [0.25, 0.3) is 0 Å². The third kappa shape index (κ3) is 5.05. The van der Waals surface area contributed by atoms with E-state index in [0.717, 1.165) is 17.3 Å². The molecule has 1 aliphatic carbocycles. The molecule has 5 rings (SSSR count). The van der Waals surface area contributed by atoms with Crippen molar-refractivity contribution in [2.24, 2.45) is 11.8 Å². The van der Waals surface area contributed by atoms with E-state index in [9.17, 15) is 14.8 Å². The Morgan fingerprint density at radius 3 is 2.66 bits per heavy atom. The van der Waals surface area contributed by atoms with Crippen LogP contribution < -0.4 is 10.2 Å². The minimum Gasteiger partial charge on any atom is -0.490 e. The van der Waals surface area contributed by atoms with Crippen LogP contribution in [-0.4, -0.2) is 46.1 Å². The normalized spacial score (nSPS) is 22.4. The van der Waals surface area contributed by atoms with Gasteiger partial charge in [-0.05, 0) is 61.1 Å². The monoisotopic (exact) mass is 471 g/mol. The zero-order valence-electron chi connectivity index (χ0n) is 19.5. The van der Waals surface area contributed by atoms with Crippen molar-refractivity contribution in [2.45, 2.75) is 31.8 Å². The number of hydrogen-bond donors (Lipinski definition) is 2. The Kier molecular flexibility index (Phi) is 6.77. The number of amides is 2. The lowest BCUT2D eigenvalue weighted by Crippen LogP contribution is -2.48. The number of aromatic nitrogens is 1. The van der Waals surface area contributed by atoms with Gasteiger partial charge in [-0.1, -0.05) is 42.5 Å². The number of benzene rings is 2. The Labute approximate surface area is 204 Å². The van der Waals surface area contributed by atoms with E-state index in [2.05, 4.69) is 23.2 Å². The number of nitrogens with one attached hydrogen (secondary N) is 1. The molecule has 0 bridgehead atoms. The first kappa shape index (κ1) is 23.1. The van der Waals surface area contributed by atoms with Crippen molar-refractivity contribution in [3.05, 3.63) is 78.5 Å². The summed E-state index contributed by atoms with van der Waals surface area (Å²) in [7, 11) is 0. The van der Waals surface area contributed by atoms with Gasteiger partial charge >= 0.3 is 0 Å². The maximum atomic E-state index is 13.4. The quantitative estimate of drug-likeness (QED) is 0.429. The van der Waals surface area contributed by atoms with Gasteiger partial charge in [-0.25, -0.2) is 5.48 Å². The maximum absolute atomic E-state index is 13.4. The largest absolute Gasteiger partial charge is 0.490 e. The second kappa shape index (κ2) is 10.3. The summed E-state index contributed by atoms with van der Waals surface area (Å²) in [6.07, 6.45) is 5.97. The van der Waals surface area contributed by atoms with Crippen molar-refractivity contribution < 1.29 is 19.5 Å². The number of fused-ring (bicyclic) bond motifs is 1. The van der Waals surface area contributed by atoms with Gasteiger partial charge < -0.3 is 9.64 Å². The van der Waals surface area contributed by atoms with E-state index < -0.39 is 17.7 Å². The molecule has 35 heavy (non-hydrogen) atoms. The first-order valence-corrected chi connectivity index (χ1v) is 12.1. The molecular formula is C28H29N3O4. The Hall–Kier alpha value is -3.71. The van der Waals surface area contributed by atoms with Crippen LogP contribution >= 0.6 is 0 Å². The second-order valence-electron chi connectivity index (χ2n) is 9.23. The van der Waals surface area contributed by atoms with Gasteiger partial charge in [-0.2, -0.15) is 0 Å². The van der Waals surface area contributed by atoms with Crippen LogP contribution in [-0.2, 0) is 9.59 Å². The highest BCUT2D eigenvalue weighted by Gasteiger charge is 2.42. The lowest BCUT2D eigenvalue weighted by Gasteiger charge is -2.37. The second-order valence-corrected chi connectivity index (χ2v) is 9.23. The number of carbonyl (C=O) groups is 2. The van der Waals surface area contributed by atoms with Gasteiger partial charge in [0.2, 0.25) is 11.8 Å². The van der Waals surface area contributed by atoms with E-state index in [1.807, 2.05) is 53.4 Å². The van der Waals surface area contributed by atoms with Crippen LogP contribution in [0.15, 0.2) is 72.9 Å². The van der Waals surface area contributed by atoms with Crippen LogP contribution in [0.2, 0.25) is 0 Å². The smallest absolute Gasteiger partial charge is 0.247 e. The predicted octanol–water partition coefficient (Wildman–Crippen LogP) is 4.22. The number of ether oxygens (including phenoxy) is 1. The number of rotatable bonds is 5. The van der Waals surface area contributed by atoms with E-state index in [1.165, 1.54) is 11.1 Å². The summed E-state index contributed by atoms with van der Waals surface area (Å²) in [4.78, 5) is 32.1. The molecule has 3 aromatic rings. The topological polar surface area (TPSA) is 91.8 Å². The van der Waals surface area contributed by atoms with Crippen LogP contribution in [0.4, 0.5) is 0 Å². The first-order chi connectivity index (χ1) is 17.1. The highest BCUT2D eigenvalue weighted by molar-refractivity contribution is 5.88. The van der Waals surface area contributed by atoms with Gasteiger partial charge in [0.05, 0.1) is 23.5 Å². The summed E-state index contributed by atoms with van der Waals surface area (Å²) in [6, 6.07) is 19.8. The molecule has 2 aromatic carbocycles. The molecule has 3 atom stereocenters. The van der Waals surface area contributed by atoms with E-state index >= 15 is 0 Å². The fraction of sp³-hybridized carbons (Fsp3) is 0.321. The average molecular weight is 472 g/mol. The van der Waals surface area contributed by atoms with Crippen LogP contribution in [0.1, 0.15) is 31.2 Å². The van der Waals surface area contributed by atoms with Crippen LogP contribution in [0.5, 0.6) is 5.75 Å². The molecule has 0 saturated heterocycles. The molecule has 7 heteroatoms. The molecule has 2 aliphatic rings. The Morgan fingerprint density at radius 1 is 1.03 bits per heavy atom. The molecule has 180 valence electrons. The van der Waals surface area contributed by atoms with Gasteiger partial charge in [0.1, 0.15) is 5.75 Å². The summed E-state index contributed by atoms with van der Waals surface area (Å²) in [6.45, 7) is 1.15. The molecule has 2 N–H and O–H groups in total. The fourth-order valence-corrected chi connectivity index (χ4v) is 5.24. The third-order valence-electron chi connectivity index (χ3n) is 7.11. The zero-order chi connectivity index (χ0) is 24.2. The highest BCUT2D eigenvalue weighted by Crippen LogP contribution is 2.35. The van der Waals surface area contributed by atoms with Crippen molar-refractivity contribution in [3.8, 4) is 5.75 Å². The van der Waals surface area contributed by atoms with Crippen molar-refractivity contribution in [2.75, 3.05) is 13.1 Å². The van der Waals surface area contributed by atoms with Crippen molar-refractivity contribution >= 4 is 28.3 Å². The van der Waals surface area contributed by atoms with Crippen molar-refractivity contribution in [1.29, 1.82) is 0 Å². The highest BCUT2D eigenvalue weighted by atomic mass is 16.5. The summed E-state index contributed by atoms with van der Waals surface area (Å²) in [5, 5.41) is 10.3. The van der Waals surface area contributed by atoms with E-state index in [-0.39, 0.29) is 12.0 Å². The van der Waals surface area contributed by atoms with Crippen molar-refractivity contribution in [3.63, 3.8) is 0 Å². The standard InChI is InChI=1S/C28H29N3O4/c32-27(30-34)25-18-23(35-22-9-11-26-21(17-22)7-4-14-29-26)8-10-24(25)28(33)31-15-12-20(13-16-31)19-5-2-1-3-6-19/h1-7,9,11-12,14,17,23-25,34H,8,10,13,15-16,18H2,(H,30,32). The number of hydroxylamine groups is 1. The molecule has 1 aliphatic heterocycles. The van der Waals surface area contributed by atoms with Gasteiger partial charge in [-0.3, -0.25) is 19.8 Å². The van der Waals surface area contributed by atoms with Gasteiger partial charge in [-0.15, -0.1) is 0 Å². The van der Waals surface area contributed by atoms with Crippen LogP contribution in [0.3, 0.4) is 0 Å². The summed E-state index contributed by atoms with van der Waals surface area (Å²) in [5.74, 6) is -0.977. The average Bonchev–Trinajstić information content (AvgIpc) is 2.92. The number of hydrogen-bond acceptors (Lipinski definition) is 5. The lowest BCUT2D eigenvalue weighted by atomic mass is 9.76. The Morgan fingerprint density at radius 2 is 1.89 bits per heavy atom. The number of carbonyl (C=O) groups excluding carboxylic acids is 2. The Bertz CT molecular complexity index is 1240. The summed E-state index contributed by atoms with van der Waals surface area (Å²) in [5.41, 5.74) is 5.08.